The van der Waals surface area contributed by atoms with E-state index in [-0.39, 0.29) is 16.2 Å². The van der Waals surface area contributed by atoms with Gasteiger partial charge >= 0.3 is 0 Å². The van der Waals surface area contributed by atoms with Crippen LogP contribution in [0.1, 0.15) is 61.1 Å². The number of hydrogen-bond donors (Lipinski definition) is 1. The van der Waals surface area contributed by atoms with Crippen molar-refractivity contribution in [3.63, 3.8) is 0 Å². The summed E-state index contributed by atoms with van der Waals surface area (Å²) in [6, 6.07) is 6.47. The molecule has 28 heavy (non-hydrogen) atoms. The SMILES string of the molecule is CC(C)(C)c1ncc(C(=O)Nc2cccc(S(=O)(=O)N3CCCCCC3)c2)s1. The fraction of sp³-hybridized carbons (Fsp3) is 0.500. The highest BCUT2D eigenvalue weighted by molar-refractivity contribution is 7.89. The summed E-state index contributed by atoms with van der Waals surface area (Å²) in [5.74, 6) is -0.280. The molecule has 0 unspecified atom stereocenters. The molecule has 1 saturated heterocycles. The van der Waals surface area contributed by atoms with Gasteiger partial charge < -0.3 is 5.32 Å². The third kappa shape index (κ3) is 4.79. The predicted octanol–water partition coefficient (Wildman–Crippen LogP) is 4.26. The van der Waals surface area contributed by atoms with Crippen molar-refractivity contribution in [2.24, 2.45) is 0 Å². The molecule has 1 N–H and O–H groups in total. The maximum absolute atomic E-state index is 13.0. The third-order valence-corrected chi connectivity index (χ3v) is 7.98. The molecule has 6 nitrogen and oxygen atoms in total. The smallest absolute Gasteiger partial charge is 0.267 e. The molecule has 2 heterocycles. The Morgan fingerprint density at radius 2 is 1.82 bits per heavy atom. The quantitative estimate of drug-likeness (QED) is 0.800. The van der Waals surface area contributed by atoms with Gasteiger partial charge in [0.2, 0.25) is 10.0 Å². The maximum atomic E-state index is 13.0. The third-order valence-electron chi connectivity index (χ3n) is 4.67. The van der Waals surface area contributed by atoms with Crippen LogP contribution >= 0.6 is 11.3 Å². The lowest BCUT2D eigenvalue weighted by Crippen LogP contribution is -2.32. The van der Waals surface area contributed by atoms with Gasteiger partial charge in [-0.25, -0.2) is 13.4 Å². The molecule has 152 valence electrons. The van der Waals surface area contributed by atoms with Crippen molar-refractivity contribution in [1.29, 1.82) is 0 Å². The Morgan fingerprint density at radius 3 is 2.43 bits per heavy atom. The number of nitrogens with one attached hydrogen (secondary N) is 1. The number of nitrogens with zero attached hydrogens (tertiary/aromatic N) is 2. The number of hydrogen-bond acceptors (Lipinski definition) is 5. The topological polar surface area (TPSA) is 79.4 Å². The summed E-state index contributed by atoms with van der Waals surface area (Å²) in [5, 5.41) is 3.68. The second-order valence-corrected chi connectivity index (χ2v) is 11.0. The van der Waals surface area contributed by atoms with Crippen molar-refractivity contribution in [2.75, 3.05) is 18.4 Å². The van der Waals surface area contributed by atoms with Crippen LogP contribution in [0.2, 0.25) is 0 Å². The Bertz CT molecular complexity index is 938. The first-order valence-corrected chi connectivity index (χ1v) is 11.8. The highest BCUT2D eigenvalue weighted by Gasteiger charge is 2.26. The first-order valence-electron chi connectivity index (χ1n) is 9.56. The Labute approximate surface area is 171 Å². The summed E-state index contributed by atoms with van der Waals surface area (Å²) in [6.45, 7) is 7.24. The largest absolute Gasteiger partial charge is 0.321 e. The van der Waals surface area contributed by atoms with Crippen LogP contribution in [0.3, 0.4) is 0 Å². The van der Waals surface area contributed by atoms with Gasteiger partial charge in [-0.1, -0.05) is 39.7 Å². The van der Waals surface area contributed by atoms with E-state index >= 15 is 0 Å². The molecule has 8 heteroatoms. The van der Waals surface area contributed by atoms with Crippen molar-refractivity contribution in [2.45, 2.75) is 56.8 Å². The van der Waals surface area contributed by atoms with E-state index in [0.717, 1.165) is 30.7 Å². The van der Waals surface area contributed by atoms with Crippen LogP contribution < -0.4 is 5.32 Å². The van der Waals surface area contributed by atoms with E-state index in [1.165, 1.54) is 17.4 Å². The molecule has 1 aromatic heterocycles. The molecule has 1 aliphatic rings. The highest BCUT2D eigenvalue weighted by Crippen LogP contribution is 2.28. The van der Waals surface area contributed by atoms with Crippen molar-refractivity contribution < 1.29 is 13.2 Å². The highest BCUT2D eigenvalue weighted by atomic mass is 32.2. The summed E-state index contributed by atoms with van der Waals surface area (Å²) in [6.07, 6.45) is 5.47. The lowest BCUT2D eigenvalue weighted by molar-refractivity contribution is 0.103. The van der Waals surface area contributed by atoms with Crippen molar-refractivity contribution in [3.05, 3.63) is 40.3 Å². The second kappa shape index (κ2) is 8.31. The van der Waals surface area contributed by atoms with E-state index in [1.807, 2.05) is 20.8 Å². The number of benzene rings is 1. The molecular weight excluding hydrogens is 394 g/mol. The summed E-state index contributed by atoms with van der Waals surface area (Å²) in [4.78, 5) is 17.6. The van der Waals surface area contributed by atoms with Gasteiger partial charge in [0.05, 0.1) is 16.1 Å². The molecule has 1 aliphatic heterocycles. The van der Waals surface area contributed by atoms with Crippen LogP contribution in [-0.4, -0.2) is 36.7 Å². The van der Waals surface area contributed by atoms with Gasteiger partial charge in [-0.2, -0.15) is 4.31 Å². The first kappa shape index (κ1) is 21.0. The molecule has 0 bridgehead atoms. The Balaban J connectivity index is 1.77. The summed E-state index contributed by atoms with van der Waals surface area (Å²) < 4.78 is 27.5. The lowest BCUT2D eigenvalue weighted by Gasteiger charge is -2.20. The minimum absolute atomic E-state index is 0.121. The normalized spacial score (nSPS) is 16.5. The fourth-order valence-electron chi connectivity index (χ4n) is 3.08. The number of anilines is 1. The minimum Gasteiger partial charge on any atom is -0.321 e. The number of rotatable bonds is 4. The van der Waals surface area contributed by atoms with Gasteiger partial charge in [0.1, 0.15) is 4.88 Å². The zero-order valence-electron chi connectivity index (χ0n) is 16.6. The Hall–Kier alpha value is -1.77. The van der Waals surface area contributed by atoms with Gasteiger partial charge in [-0.05, 0) is 31.0 Å². The van der Waals surface area contributed by atoms with Crippen LogP contribution in [0.5, 0.6) is 0 Å². The number of carbonyl (C=O) groups is 1. The molecule has 0 spiro atoms. The molecule has 0 atom stereocenters. The zero-order valence-corrected chi connectivity index (χ0v) is 18.2. The lowest BCUT2D eigenvalue weighted by atomic mass is 9.98. The monoisotopic (exact) mass is 421 g/mol. The summed E-state index contributed by atoms with van der Waals surface area (Å²) >= 11 is 1.35. The van der Waals surface area contributed by atoms with Gasteiger partial charge in [0.15, 0.2) is 0 Å². The van der Waals surface area contributed by atoms with E-state index in [0.29, 0.717) is 23.7 Å². The van der Waals surface area contributed by atoms with E-state index in [2.05, 4.69) is 10.3 Å². The summed E-state index contributed by atoms with van der Waals surface area (Å²) in [7, 11) is -3.55. The molecule has 1 aromatic carbocycles. The zero-order chi connectivity index (χ0) is 20.4. The van der Waals surface area contributed by atoms with Gasteiger partial charge in [-0.15, -0.1) is 11.3 Å². The van der Waals surface area contributed by atoms with Crippen molar-refractivity contribution in [1.82, 2.24) is 9.29 Å². The predicted molar refractivity (Wildman–Crippen MR) is 112 cm³/mol. The number of aromatic nitrogens is 1. The number of thiazole rings is 1. The molecule has 0 saturated carbocycles. The van der Waals surface area contributed by atoms with Gasteiger partial charge in [-0.3, -0.25) is 4.79 Å². The van der Waals surface area contributed by atoms with E-state index < -0.39 is 10.0 Å². The van der Waals surface area contributed by atoms with Crippen LogP contribution in [0.25, 0.3) is 0 Å². The van der Waals surface area contributed by atoms with Crippen LogP contribution in [0.15, 0.2) is 35.4 Å². The Morgan fingerprint density at radius 1 is 1.14 bits per heavy atom. The molecule has 1 fully saturated rings. The number of carbonyl (C=O) groups excluding carboxylic acids is 1. The summed E-state index contributed by atoms with van der Waals surface area (Å²) in [5.41, 5.74) is 0.344. The average molecular weight is 422 g/mol. The Kier molecular flexibility index (Phi) is 6.21. The van der Waals surface area contributed by atoms with Crippen LogP contribution in [-0.2, 0) is 15.4 Å². The van der Waals surface area contributed by atoms with Gasteiger partial charge in [0.25, 0.3) is 5.91 Å². The van der Waals surface area contributed by atoms with Crippen molar-refractivity contribution >= 4 is 33.0 Å². The number of amides is 1. The van der Waals surface area contributed by atoms with E-state index in [4.69, 9.17) is 0 Å². The number of sulfonamides is 1. The standard InChI is InChI=1S/C20H27N3O3S2/c1-20(2,3)19-21-14-17(27-19)18(24)22-15-9-8-10-16(13-15)28(25,26)23-11-6-4-5-7-12-23/h8-10,13-14H,4-7,11-12H2,1-3H3,(H,22,24). The fourth-order valence-corrected chi connectivity index (χ4v) is 5.52. The van der Waals surface area contributed by atoms with Crippen molar-refractivity contribution in [3.8, 4) is 0 Å². The molecule has 0 aliphatic carbocycles. The van der Waals surface area contributed by atoms with Crippen LogP contribution in [0, 0.1) is 0 Å². The van der Waals surface area contributed by atoms with E-state index in [9.17, 15) is 13.2 Å². The molecule has 0 radical (unpaired) electrons. The minimum atomic E-state index is -3.55. The van der Waals surface area contributed by atoms with E-state index in [1.54, 1.807) is 28.7 Å². The molecule has 2 aromatic rings. The molecule has 1 amide bonds. The second-order valence-electron chi connectivity index (χ2n) is 8.08. The molecule has 3 rings (SSSR count). The maximum Gasteiger partial charge on any atom is 0.267 e. The average Bonchev–Trinajstić information content (AvgIpc) is 2.98. The van der Waals surface area contributed by atoms with Crippen LogP contribution in [0.4, 0.5) is 5.69 Å². The van der Waals surface area contributed by atoms with Gasteiger partial charge in [0, 0.05) is 24.2 Å². The first-order chi connectivity index (χ1) is 13.2. The molecular formula is C20H27N3O3S2.